The van der Waals surface area contributed by atoms with Gasteiger partial charge in [-0.3, -0.25) is 9.78 Å². The molecule has 0 radical (unpaired) electrons. The molecule has 1 aromatic rings. The molecular formula is C14H21N3O. The maximum Gasteiger partial charge on any atom is 0.226 e. The zero-order valence-corrected chi connectivity index (χ0v) is 10.9. The number of aromatic nitrogens is 1. The summed E-state index contributed by atoms with van der Waals surface area (Å²) in [4.78, 5) is 17.8. The summed E-state index contributed by atoms with van der Waals surface area (Å²) in [5.74, 6) is 0.848. The summed E-state index contributed by atoms with van der Waals surface area (Å²) in [6, 6.07) is 3.72. The number of piperidine rings is 1. The van der Waals surface area contributed by atoms with Gasteiger partial charge < -0.3 is 10.2 Å². The van der Waals surface area contributed by atoms with Crippen molar-refractivity contribution in [3.05, 3.63) is 24.5 Å². The average molecular weight is 247 g/mol. The standard InChI is InChI=1S/C14H21N3O/c1-17(13-6-9-15-10-7-13)14(18)5-4-12-3-2-8-16-11-12/h6-7,9-10,12,16H,2-5,8,11H2,1H3. The van der Waals surface area contributed by atoms with E-state index in [1.165, 1.54) is 12.8 Å². The second-order valence-corrected chi connectivity index (χ2v) is 4.91. The molecule has 1 aromatic heterocycles. The van der Waals surface area contributed by atoms with Gasteiger partial charge in [0.15, 0.2) is 0 Å². The van der Waals surface area contributed by atoms with Gasteiger partial charge in [-0.15, -0.1) is 0 Å². The van der Waals surface area contributed by atoms with E-state index < -0.39 is 0 Å². The molecule has 1 fully saturated rings. The molecule has 0 aromatic carbocycles. The van der Waals surface area contributed by atoms with Crippen molar-refractivity contribution in [1.82, 2.24) is 10.3 Å². The number of hydrogen-bond acceptors (Lipinski definition) is 3. The Morgan fingerprint density at radius 2 is 2.28 bits per heavy atom. The molecule has 1 N–H and O–H groups in total. The fraction of sp³-hybridized carbons (Fsp3) is 0.571. The van der Waals surface area contributed by atoms with Gasteiger partial charge in [0, 0.05) is 31.5 Å². The van der Waals surface area contributed by atoms with Crippen LogP contribution >= 0.6 is 0 Å². The normalized spacial score (nSPS) is 19.5. The molecule has 0 saturated carbocycles. The number of anilines is 1. The van der Waals surface area contributed by atoms with E-state index in [-0.39, 0.29) is 5.91 Å². The molecule has 4 heteroatoms. The molecule has 0 spiro atoms. The van der Waals surface area contributed by atoms with Crippen molar-refractivity contribution in [2.75, 3.05) is 25.0 Å². The van der Waals surface area contributed by atoms with Crippen LogP contribution in [0.2, 0.25) is 0 Å². The summed E-state index contributed by atoms with van der Waals surface area (Å²) >= 11 is 0. The number of pyridine rings is 1. The van der Waals surface area contributed by atoms with Crippen molar-refractivity contribution < 1.29 is 4.79 Å². The first kappa shape index (κ1) is 13.0. The topological polar surface area (TPSA) is 45.2 Å². The highest BCUT2D eigenvalue weighted by molar-refractivity contribution is 5.92. The van der Waals surface area contributed by atoms with Crippen molar-refractivity contribution in [3.63, 3.8) is 0 Å². The molecule has 1 atom stereocenters. The summed E-state index contributed by atoms with van der Waals surface area (Å²) < 4.78 is 0. The molecule has 0 aliphatic carbocycles. The number of nitrogens with one attached hydrogen (secondary N) is 1. The molecule has 1 aliphatic rings. The van der Waals surface area contributed by atoms with Crippen molar-refractivity contribution >= 4 is 11.6 Å². The van der Waals surface area contributed by atoms with Crippen LogP contribution < -0.4 is 10.2 Å². The van der Waals surface area contributed by atoms with E-state index in [9.17, 15) is 4.79 Å². The third kappa shape index (κ3) is 3.53. The van der Waals surface area contributed by atoms with Crippen LogP contribution in [0.15, 0.2) is 24.5 Å². The van der Waals surface area contributed by atoms with Crippen LogP contribution in [0, 0.1) is 5.92 Å². The highest BCUT2D eigenvalue weighted by Crippen LogP contribution is 2.18. The number of rotatable bonds is 4. The number of carbonyl (C=O) groups is 1. The Morgan fingerprint density at radius 3 is 2.94 bits per heavy atom. The third-order valence-corrected chi connectivity index (χ3v) is 3.59. The summed E-state index contributed by atoms with van der Waals surface area (Å²) in [5.41, 5.74) is 0.914. The quantitative estimate of drug-likeness (QED) is 0.882. The highest BCUT2D eigenvalue weighted by Gasteiger charge is 2.16. The van der Waals surface area contributed by atoms with Crippen LogP contribution in [0.1, 0.15) is 25.7 Å². The Balaban J connectivity index is 1.80. The smallest absolute Gasteiger partial charge is 0.226 e. The number of hydrogen-bond donors (Lipinski definition) is 1. The number of amides is 1. The molecule has 18 heavy (non-hydrogen) atoms. The Hall–Kier alpha value is -1.42. The molecule has 1 aliphatic heterocycles. The van der Waals surface area contributed by atoms with Gasteiger partial charge in [0.05, 0.1) is 0 Å². The average Bonchev–Trinajstić information content (AvgIpc) is 2.46. The Labute approximate surface area is 108 Å². The first-order valence-electron chi connectivity index (χ1n) is 6.64. The first-order valence-corrected chi connectivity index (χ1v) is 6.64. The van der Waals surface area contributed by atoms with E-state index in [0.29, 0.717) is 12.3 Å². The Bertz CT molecular complexity index is 374. The van der Waals surface area contributed by atoms with Crippen molar-refractivity contribution in [1.29, 1.82) is 0 Å². The highest BCUT2D eigenvalue weighted by atomic mass is 16.2. The van der Waals surface area contributed by atoms with Gasteiger partial charge in [-0.2, -0.15) is 0 Å². The molecule has 2 heterocycles. The summed E-state index contributed by atoms with van der Waals surface area (Å²) in [6.45, 7) is 2.19. The van der Waals surface area contributed by atoms with Crippen LogP contribution in [-0.4, -0.2) is 31.0 Å². The van der Waals surface area contributed by atoms with E-state index >= 15 is 0 Å². The van der Waals surface area contributed by atoms with Crippen LogP contribution in [0.3, 0.4) is 0 Å². The summed E-state index contributed by atoms with van der Waals surface area (Å²) in [7, 11) is 1.83. The minimum absolute atomic E-state index is 0.187. The van der Waals surface area contributed by atoms with Crippen LogP contribution in [-0.2, 0) is 4.79 Å². The van der Waals surface area contributed by atoms with E-state index in [1.807, 2.05) is 19.2 Å². The van der Waals surface area contributed by atoms with Gasteiger partial charge in [0.2, 0.25) is 5.91 Å². The van der Waals surface area contributed by atoms with Crippen molar-refractivity contribution in [2.24, 2.45) is 5.92 Å². The van der Waals surface area contributed by atoms with E-state index in [0.717, 1.165) is 25.2 Å². The fourth-order valence-corrected chi connectivity index (χ4v) is 2.38. The van der Waals surface area contributed by atoms with E-state index in [1.54, 1.807) is 17.3 Å². The van der Waals surface area contributed by atoms with Crippen LogP contribution in [0.4, 0.5) is 5.69 Å². The third-order valence-electron chi connectivity index (χ3n) is 3.59. The zero-order valence-electron chi connectivity index (χ0n) is 10.9. The largest absolute Gasteiger partial charge is 0.316 e. The SMILES string of the molecule is CN(C(=O)CCC1CCCNC1)c1ccncc1. The van der Waals surface area contributed by atoms with Gasteiger partial charge in [-0.1, -0.05) is 0 Å². The van der Waals surface area contributed by atoms with E-state index in [2.05, 4.69) is 10.3 Å². The second kappa shape index (κ2) is 6.50. The lowest BCUT2D eigenvalue weighted by atomic mass is 9.94. The number of carbonyl (C=O) groups excluding carboxylic acids is 1. The first-order chi connectivity index (χ1) is 8.77. The van der Waals surface area contributed by atoms with Crippen molar-refractivity contribution in [2.45, 2.75) is 25.7 Å². The predicted octanol–water partition coefficient (Wildman–Crippen LogP) is 1.82. The maximum atomic E-state index is 12.1. The van der Waals surface area contributed by atoms with Gasteiger partial charge in [0.1, 0.15) is 0 Å². The molecule has 98 valence electrons. The van der Waals surface area contributed by atoms with Crippen LogP contribution in [0.25, 0.3) is 0 Å². The minimum Gasteiger partial charge on any atom is -0.316 e. The summed E-state index contributed by atoms with van der Waals surface area (Å²) in [5, 5.41) is 3.39. The molecule has 1 saturated heterocycles. The lowest BCUT2D eigenvalue weighted by Gasteiger charge is -2.23. The maximum absolute atomic E-state index is 12.1. The van der Waals surface area contributed by atoms with Crippen molar-refractivity contribution in [3.8, 4) is 0 Å². The second-order valence-electron chi connectivity index (χ2n) is 4.91. The lowest BCUT2D eigenvalue weighted by molar-refractivity contribution is -0.118. The molecule has 1 unspecified atom stereocenters. The Kier molecular flexibility index (Phi) is 4.70. The molecule has 1 amide bonds. The van der Waals surface area contributed by atoms with Gasteiger partial charge in [-0.05, 0) is 50.4 Å². The van der Waals surface area contributed by atoms with E-state index in [4.69, 9.17) is 0 Å². The lowest BCUT2D eigenvalue weighted by Crippen LogP contribution is -2.31. The van der Waals surface area contributed by atoms with Gasteiger partial charge in [0.25, 0.3) is 0 Å². The van der Waals surface area contributed by atoms with Gasteiger partial charge in [-0.25, -0.2) is 0 Å². The zero-order chi connectivity index (χ0) is 12.8. The fourth-order valence-electron chi connectivity index (χ4n) is 2.38. The van der Waals surface area contributed by atoms with Crippen LogP contribution in [0.5, 0.6) is 0 Å². The summed E-state index contributed by atoms with van der Waals surface area (Å²) in [6.07, 6.45) is 7.53. The monoisotopic (exact) mass is 247 g/mol. The molecule has 4 nitrogen and oxygen atoms in total. The molecule has 2 rings (SSSR count). The number of nitrogens with zero attached hydrogens (tertiary/aromatic N) is 2. The molecular weight excluding hydrogens is 226 g/mol. The molecule has 0 bridgehead atoms. The Morgan fingerprint density at radius 1 is 1.50 bits per heavy atom. The predicted molar refractivity (Wildman–Crippen MR) is 72.5 cm³/mol. The van der Waals surface area contributed by atoms with Gasteiger partial charge >= 0.3 is 0 Å². The minimum atomic E-state index is 0.187.